The topological polar surface area (TPSA) is 67.6 Å². The van der Waals surface area contributed by atoms with Crippen molar-refractivity contribution in [2.45, 2.75) is 38.8 Å². The van der Waals surface area contributed by atoms with E-state index in [0.29, 0.717) is 6.54 Å². The van der Waals surface area contributed by atoms with Crippen LogP contribution in [0.2, 0.25) is 0 Å². The Kier molecular flexibility index (Phi) is 3.79. The number of para-hydroxylation sites is 1. The Morgan fingerprint density at radius 3 is 2.80 bits per heavy atom. The quantitative estimate of drug-likeness (QED) is 0.774. The van der Waals surface area contributed by atoms with Gasteiger partial charge in [-0.3, -0.25) is 0 Å². The molecule has 0 saturated heterocycles. The van der Waals surface area contributed by atoms with E-state index in [9.17, 15) is 4.79 Å². The van der Waals surface area contributed by atoms with Gasteiger partial charge in [0.25, 0.3) is 0 Å². The van der Waals surface area contributed by atoms with E-state index < -0.39 is 5.60 Å². The van der Waals surface area contributed by atoms with Gasteiger partial charge in [-0.2, -0.15) is 0 Å². The fourth-order valence-electron chi connectivity index (χ4n) is 2.31. The molecule has 2 rings (SSSR count). The highest BCUT2D eigenvalue weighted by Gasteiger charge is 2.28. The van der Waals surface area contributed by atoms with E-state index in [4.69, 9.17) is 10.5 Å². The summed E-state index contributed by atoms with van der Waals surface area (Å²) in [6, 6.07) is 5.92. The maximum absolute atomic E-state index is 12.1. The van der Waals surface area contributed by atoms with Crippen LogP contribution in [0, 0.1) is 0 Å². The molecule has 0 saturated carbocycles. The zero-order chi connectivity index (χ0) is 14.9. The van der Waals surface area contributed by atoms with Gasteiger partial charge in [0.05, 0.1) is 17.4 Å². The second kappa shape index (κ2) is 5.23. The molecule has 5 nitrogen and oxygen atoms in total. The van der Waals surface area contributed by atoms with Crippen molar-refractivity contribution >= 4 is 17.5 Å². The minimum Gasteiger partial charge on any atom is -0.444 e. The summed E-state index contributed by atoms with van der Waals surface area (Å²) in [4.78, 5) is 13.7. The number of nitrogen functional groups attached to an aromatic ring is 1. The number of carbonyl (C=O) groups excluding carboxylic acids is 1. The van der Waals surface area contributed by atoms with Gasteiger partial charge in [-0.05, 0) is 38.8 Å². The lowest BCUT2D eigenvalue weighted by molar-refractivity contribution is 0.0229. The Morgan fingerprint density at radius 1 is 1.45 bits per heavy atom. The van der Waals surface area contributed by atoms with E-state index in [1.54, 1.807) is 11.9 Å². The summed E-state index contributed by atoms with van der Waals surface area (Å²) in [5.41, 5.74) is 8.34. The van der Waals surface area contributed by atoms with Gasteiger partial charge < -0.3 is 20.7 Å². The number of nitrogens with zero attached hydrogens (tertiary/aromatic N) is 1. The molecule has 20 heavy (non-hydrogen) atoms. The van der Waals surface area contributed by atoms with Crippen molar-refractivity contribution in [1.82, 2.24) is 4.90 Å². The first kappa shape index (κ1) is 14.5. The first-order valence-corrected chi connectivity index (χ1v) is 6.85. The predicted octanol–water partition coefficient (Wildman–Crippen LogP) is 2.47. The molecule has 1 atom stereocenters. The zero-order valence-corrected chi connectivity index (χ0v) is 12.6. The second-order valence-electron chi connectivity index (χ2n) is 6.21. The van der Waals surface area contributed by atoms with Crippen LogP contribution in [0.4, 0.5) is 16.2 Å². The van der Waals surface area contributed by atoms with Crippen LogP contribution in [-0.4, -0.2) is 36.2 Å². The van der Waals surface area contributed by atoms with E-state index in [-0.39, 0.29) is 12.1 Å². The van der Waals surface area contributed by atoms with Crippen molar-refractivity contribution < 1.29 is 9.53 Å². The van der Waals surface area contributed by atoms with Crippen molar-refractivity contribution in [2.24, 2.45) is 0 Å². The van der Waals surface area contributed by atoms with Crippen LogP contribution in [0.3, 0.4) is 0 Å². The maximum Gasteiger partial charge on any atom is 0.410 e. The van der Waals surface area contributed by atoms with Gasteiger partial charge in [0.2, 0.25) is 0 Å². The molecule has 0 bridgehead atoms. The van der Waals surface area contributed by atoms with Crippen LogP contribution in [0.5, 0.6) is 0 Å². The molecule has 1 heterocycles. The minimum atomic E-state index is -0.476. The number of carbonyl (C=O) groups is 1. The van der Waals surface area contributed by atoms with Gasteiger partial charge in [0.15, 0.2) is 0 Å². The van der Waals surface area contributed by atoms with Crippen molar-refractivity contribution in [3.8, 4) is 0 Å². The number of likely N-dealkylation sites (N-methyl/N-ethyl adjacent to an activating group) is 1. The third-order valence-corrected chi connectivity index (χ3v) is 3.38. The summed E-state index contributed by atoms with van der Waals surface area (Å²) < 4.78 is 5.40. The van der Waals surface area contributed by atoms with Gasteiger partial charge in [0, 0.05) is 13.6 Å². The minimum absolute atomic E-state index is 0.0687. The molecule has 0 unspecified atom stereocenters. The zero-order valence-electron chi connectivity index (χ0n) is 12.6. The molecule has 0 radical (unpaired) electrons. The fourth-order valence-corrected chi connectivity index (χ4v) is 2.31. The lowest BCUT2D eigenvalue weighted by Gasteiger charge is -2.34. The highest BCUT2D eigenvalue weighted by atomic mass is 16.6. The molecule has 1 aromatic carbocycles. The fraction of sp³-hybridized carbons (Fsp3) is 0.533. The summed E-state index contributed by atoms with van der Waals surface area (Å²) in [7, 11) is 1.78. The number of hydrogen-bond donors (Lipinski definition) is 2. The van der Waals surface area contributed by atoms with Crippen molar-refractivity contribution in [2.75, 3.05) is 24.6 Å². The van der Waals surface area contributed by atoms with Crippen LogP contribution in [-0.2, 0) is 11.2 Å². The molecule has 0 aromatic heterocycles. The lowest BCUT2D eigenvalue weighted by atomic mass is 9.98. The lowest BCUT2D eigenvalue weighted by Crippen LogP contribution is -2.46. The van der Waals surface area contributed by atoms with Gasteiger partial charge in [-0.25, -0.2) is 4.79 Å². The number of amides is 1. The van der Waals surface area contributed by atoms with Crippen LogP contribution in [0.15, 0.2) is 18.2 Å². The summed E-state index contributed by atoms with van der Waals surface area (Å²) >= 11 is 0. The Morgan fingerprint density at radius 2 is 2.15 bits per heavy atom. The number of rotatable bonds is 1. The second-order valence-corrected chi connectivity index (χ2v) is 6.21. The van der Waals surface area contributed by atoms with Crippen molar-refractivity contribution in [3.63, 3.8) is 0 Å². The number of anilines is 2. The van der Waals surface area contributed by atoms with E-state index >= 15 is 0 Å². The third kappa shape index (κ3) is 3.15. The van der Waals surface area contributed by atoms with Gasteiger partial charge in [0.1, 0.15) is 5.60 Å². The highest BCUT2D eigenvalue weighted by Crippen LogP contribution is 2.29. The average Bonchev–Trinajstić information content (AvgIpc) is 2.35. The summed E-state index contributed by atoms with van der Waals surface area (Å²) in [6.45, 7) is 6.28. The predicted molar refractivity (Wildman–Crippen MR) is 80.8 cm³/mol. The molecule has 5 heteroatoms. The summed E-state index contributed by atoms with van der Waals surface area (Å²) in [6.07, 6.45) is 0.486. The van der Waals surface area contributed by atoms with Gasteiger partial charge in [-0.15, -0.1) is 0 Å². The average molecular weight is 277 g/mol. The molecule has 110 valence electrons. The van der Waals surface area contributed by atoms with E-state index in [1.165, 1.54) is 0 Å². The van der Waals surface area contributed by atoms with E-state index in [0.717, 1.165) is 23.4 Å². The number of fused-ring (bicyclic) bond motifs is 1. The summed E-state index contributed by atoms with van der Waals surface area (Å²) in [5, 5.41) is 3.31. The van der Waals surface area contributed by atoms with E-state index in [1.807, 2.05) is 39.0 Å². The Hall–Kier alpha value is -1.91. The molecule has 0 fully saturated rings. The Labute approximate surface area is 120 Å². The first-order valence-electron chi connectivity index (χ1n) is 6.85. The standard InChI is InChI=1S/C15H23N3O2/c1-15(2,3)20-14(19)18(4)11-8-10-6-5-7-12(16)13(10)17-9-11/h5-7,11,17H,8-9,16H2,1-4H3/t11-/m1/s1. The van der Waals surface area contributed by atoms with Crippen LogP contribution in [0.25, 0.3) is 0 Å². The summed E-state index contributed by atoms with van der Waals surface area (Å²) in [5.74, 6) is 0. The SMILES string of the molecule is CN(C(=O)OC(C)(C)C)[C@H]1CNc2c(N)cccc2C1. The molecule has 1 aliphatic rings. The molecule has 0 aliphatic carbocycles. The number of benzene rings is 1. The molecule has 1 aliphatic heterocycles. The highest BCUT2D eigenvalue weighted by molar-refractivity contribution is 5.73. The maximum atomic E-state index is 12.1. The van der Waals surface area contributed by atoms with Crippen LogP contribution < -0.4 is 11.1 Å². The Bertz CT molecular complexity index is 508. The van der Waals surface area contributed by atoms with Crippen molar-refractivity contribution in [3.05, 3.63) is 23.8 Å². The number of ether oxygens (including phenoxy) is 1. The molecular formula is C15H23N3O2. The van der Waals surface area contributed by atoms with E-state index in [2.05, 4.69) is 5.32 Å². The van der Waals surface area contributed by atoms with Crippen LogP contribution in [0.1, 0.15) is 26.3 Å². The third-order valence-electron chi connectivity index (χ3n) is 3.38. The Balaban J connectivity index is 2.07. The number of nitrogens with one attached hydrogen (secondary N) is 1. The number of nitrogens with two attached hydrogens (primary N) is 1. The number of hydrogen-bond acceptors (Lipinski definition) is 4. The van der Waals surface area contributed by atoms with Gasteiger partial charge in [-0.1, -0.05) is 12.1 Å². The molecule has 3 N–H and O–H groups in total. The molecular weight excluding hydrogens is 254 g/mol. The molecule has 1 amide bonds. The van der Waals surface area contributed by atoms with Gasteiger partial charge >= 0.3 is 6.09 Å². The van der Waals surface area contributed by atoms with Crippen molar-refractivity contribution in [1.29, 1.82) is 0 Å². The largest absolute Gasteiger partial charge is 0.444 e. The normalized spacial score (nSPS) is 17.9. The smallest absolute Gasteiger partial charge is 0.410 e. The molecule has 1 aromatic rings. The monoisotopic (exact) mass is 277 g/mol. The first-order chi connectivity index (χ1) is 9.28. The van der Waals surface area contributed by atoms with Crippen LogP contribution >= 0.6 is 0 Å². The molecule has 0 spiro atoms.